The van der Waals surface area contributed by atoms with Gasteiger partial charge in [0, 0.05) is 6.54 Å². The fraction of sp³-hybridized carbons (Fsp3) is 0.556. The largest absolute Gasteiger partial charge is 0.444 e. The van der Waals surface area contributed by atoms with Gasteiger partial charge in [0.05, 0.1) is 0 Å². The maximum Gasteiger partial charge on any atom is 0.408 e. The molecule has 0 spiro atoms. The number of alkyl carbamates (subject to hydrolysis) is 1. The van der Waals surface area contributed by atoms with Gasteiger partial charge >= 0.3 is 6.09 Å². The Hall–Kier alpha value is -2.04. The van der Waals surface area contributed by atoms with Crippen molar-refractivity contribution in [2.24, 2.45) is 5.92 Å². The first-order valence-electron chi connectivity index (χ1n) is 8.00. The molecule has 0 heterocycles. The van der Waals surface area contributed by atoms with Gasteiger partial charge < -0.3 is 15.4 Å². The van der Waals surface area contributed by atoms with Crippen molar-refractivity contribution < 1.29 is 14.3 Å². The maximum absolute atomic E-state index is 12.3. The molecule has 1 aromatic rings. The highest BCUT2D eigenvalue weighted by atomic mass is 16.6. The monoisotopic (exact) mass is 320 g/mol. The summed E-state index contributed by atoms with van der Waals surface area (Å²) in [6, 6.07) is 9.33. The maximum atomic E-state index is 12.3. The lowest BCUT2D eigenvalue weighted by atomic mass is 10.0. The smallest absolute Gasteiger partial charge is 0.408 e. The molecule has 0 aliphatic heterocycles. The number of nitrogens with one attached hydrogen (secondary N) is 2. The molecule has 2 N–H and O–H groups in total. The van der Waals surface area contributed by atoms with Crippen LogP contribution in [0.1, 0.15) is 40.2 Å². The van der Waals surface area contributed by atoms with Crippen molar-refractivity contribution in [3.63, 3.8) is 0 Å². The van der Waals surface area contributed by atoms with Crippen LogP contribution in [0, 0.1) is 5.92 Å². The third-order valence-corrected chi connectivity index (χ3v) is 3.18. The van der Waals surface area contributed by atoms with Crippen molar-refractivity contribution in [2.75, 3.05) is 6.54 Å². The van der Waals surface area contributed by atoms with E-state index in [1.807, 2.05) is 44.2 Å². The number of carbonyl (C=O) groups is 2. The second kappa shape index (κ2) is 8.56. The van der Waals surface area contributed by atoms with E-state index in [0.717, 1.165) is 12.0 Å². The molecule has 0 unspecified atom stereocenters. The van der Waals surface area contributed by atoms with Crippen LogP contribution in [-0.2, 0) is 16.0 Å². The van der Waals surface area contributed by atoms with Crippen LogP contribution in [0.2, 0.25) is 0 Å². The molecule has 0 bridgehead atoms. The molecule has 0 radical (unpaired) electrons. The summed E-state index contributed by atoms with van der Waals surface area (Å²) in [5, 5.41) is 5.52. The topological polar surface area (TPSA) is 67.4 Å². The van der Waals surface area contributed by atoms with E-state index in [2.05, 4.69) is 10.6 Å². The molecule has 1 aromatic carbocycles. The third-order valence-electron chi connectivity index (χ3n) is 3.18. The molecule has 0 aromatic heterocycles. The predicted octanol–water partition coefficient (Wildman–Crippen LogP) is 2.89. The number of amides is 2. The zero-order valence-electron chi connectivity index (χ0n) is 14.7. The van der Waals surface area contributed by atoms with Gasteiger partial charge in [0.25, 0.3) is 0 Å². The Morgan fingerprint density at radius 1 is 1.13 bits per heavy atom. The first-order chi connectivity index (χ1) is 10.7. The first-order valence-corrected chi connectivity index (χ1v) is 8.00. The Morgan fingerprint density at radius 2 is 1.74 bits per heavy atom. The van der Waals surface area contributed by atoms with E-state index in [4.69, 9.17) is 4.74 Å². The molecule has 1 rings (SSSR count). The predicted molar refractivity (Wildman–Crippen MR) is 91.2 cm³/mol. The van der Waals surface area contributed by atoms with Gasteiger partial charge in [-0.25, -0.2) is 4.79 Å². The Labute approximate surface area is 138 Å². The summed E-state index contributed by atoms with van der Waals surface area (Å²) in [6.45, 7) is 9.67. The molecule has 0 saturated carbocycles. The summed E-state index contributed by atoms with van der Waals surface area (Å²) >= 11 is 0. The highest BCUT2D eigenvalue weighted by Gasteiger charge is 2.26. The molecule has 5 heteroatoms. The van der Waals surface area contributed by atoms with Crippen molar-refractivity contribution in [3.05, 3.63) is 35.9 Å². The highest BCUT2D eigenvalue weighted by Crippen LogP contribution is 2.09. The summed E-state index contributed by atoms with van der Waals surface area (Å²) < 4.78 is 5.21. The van der Waals surface area contributed by atoms with Gasteiger partial charge in [-0.2, -0.15) is 0 Å². The fourth-order valence-corrected chi connectivity index (χ4v) is 2.05. The third kappa shape index (κ3) is 7.68. The van der Waals surface area contributed by atoms with Crippen molar-refractivity contribution >= 4 is 12.0 Å². The molecule has 128 valence electrons. The van der Waals surface area contributed by atoms with Crippen LogP contribution in [0.4, 0.5) is 4.79 Å². The van der Waals surface area contributed by atoms with Crippen molar-refractivity contribution in [3.8, 4) is 0 Å². The lowest BCUT2D eigenvalue weighted by molar-refractivity contribution is -0.124. The zero-order valence-corrected chi connectivity index (χ0v) is 14.7. The van der Waals surface area contributed by atoms with E-state index in [1.165, 1.54) is 0 Å². The molecular weight excluding hydrogens is 292 g/mol. The Morgan fingerprint density at radius 3 is 2.26 bits per heavy atom. The van der Waals surface area contributed by atoms with Gasteiger partial charge in [0.2, 0.25) is 5.91 Å². The standard InChI is InChI=1S/C18H28N2O3/c1-13(2)15(20-17(22)23-18(3,4)5)16(21)19-12-11-14-9-7-6-8-10-14/h6-10,13,15H,11-12H2,1-5H3,(H,19,21)(H,20,22)/t15-/m1/s1. The number of hydrogen-bond acceptors (Lipinski definition) is 3. The number of carbonyl (C=O) groups excluding carboxylic acids is 2. The van der Waals surface area contributed by atoms with Gasteiger partial charge in [0.1, 0.15) is 11.6 Å². The lowest BCUT2D eigenvalue weighted by Gasteiger charge is -2.25. The van der Waals surface area contributed by atoms with Crippen LogP contribution in [0.25, 0.3) is 0 Å². The van der Waals surface area contributed by atoms with Gasteiger partial charge in [-0.1, -0.05) is 44.2 Å². The molecule has 0 aliphatic rings. The number of hydrogen-bond donors (Lipinski definition) is 2. The number of benzene rings is 1. The Bertz CT molecular complexity index is 507. The van der Waals surface area contributed by atoms with Gasteiger partial charge in [0.15, 0.2) is 0 Å². The minimum Gasteiger partial charge on any atom is -0.444 e. The van der Waals surface area contributed by atoms with Crippen LogP contribution in [0.15, 0.2) is 30.3 Å². The normalized spacial score (nSPS) is 12.6. The van der Waals surface area contributed by atoms with Gasteiger partial charge in [-0.15, -0.1) is 0 Å². The minimum absolute atomic E-state index is 0.0285. The van der Waals surface area contributed by atoms with Crippen LogP contribution in [-0.4, -0.2) is 30.2 Å². The lowest BCUT2D eigenvalue weighted by Crippen LogP contribution is -2.51. The number of rotatable bonds is 6. The molecular formula is C18H28N2O3. The molecule has 2 amide bonds. The van der Waals surface area contributed by atoms with Gasteiger partial charge in [-0.3, -0.25) is 4.79 Å². The van der Waals surface area contributed by atoms with E-state index in [9.17, 15) is 9.59 Å². The average Bonchev–Trinajstić information content (AvgIpc) is 2.43. The first kappa shape index (κ1) is 19.0. The average molecular weight is 320 g/mol. The summed E-state index contributed by atoms with van der Waals surface area (Å²) in [5.74, 6) is -0.221. The van der Waals surface area contributed by atoms with Crippen molar-refractivity contribution in [1.29, 1.82) is 0 Å². The Kier molecular flexibility index (Phi) is 7.07. The molecule has 0 saturated heterocycles. The van der Waals surface area contributed by atoms with E-state index in [1.54, 1.807) is 20.8 Å². The Balaban J connectivity index is 2.49. The SMILES string of the molecule is CC(C)[C@@H](NC(=O)OC(C)(C)C)C(=O)NCCc1ccccc1. The van der Waals surface area contributed by atoms with Crippen LogP contribution in [0.3, 0.4) is 0 Å². The molecule has 0 aliphatic carbocycles. The number of ether oxygens (including phenoxy) is 1. The van der Waals surface area contributed by atoms with E-state index < -0.39 is 17.7 Å². The van der Waals surface area contributed by atoms with Crippen molar-refractivity contribution in [1.82, 2.24) is 10.6 Å². The highest BCUT2D eigenvalue weighted by molar-refractivity contribution is 5.85. The second-order valence-corrected chi connectivity index (χ2v) is 6.89. The minimum atomic E-state index is -0.611. The molecule has 1 atom stereocenters. The van der Waals surface area contributed by atoms with Crippen LogP contribution < -0.4 is 10.6 Å². The molecule has 5 nitrogen and oxygen atoms in total. The summed E-state index contributed by atoms with van der Waals surface area (Å²) in [4.78, 5) is 24.2. The summed E-state index contributed by atoms with van der Waals surface area (Å²) in [7, 11) is 0. The van der Waals surface area contributed by atoms with Gasteiger partial charge in [-0.05, 0) is 38.7 Å². The van der Waals surface area contributed by atoms with Crippen LogP contribution in [0.5, 0.6) is 0 Å². The van der Waals surface area contributed by atoms with Crippen LogP contribution >= 0.6 is 0 Å². The zero-order chi connectivity index (χ0) is 17.5. The molecule has 23 heavy (non-hydrogen) atoms. The van der Waals surface area contributed by atoms with E-state index in [0.29, 0.717) is 6.54 Å². The summed E-state index contributed by atoms with van der Waals surface area (Å²) in [6.07, 6.45) is 0.179. The van der Waals surface area contributed by atoms with Crippen molar-refractivity contribution in [2.45, 2.75) is 52.7 Å². The summed E-state index contributed by atoms with van der Waals surface area (Å²) in [5.41, 5.74) is 0.573. The fourth-order valence-electron chi connectivity index (χ4n) is 2.05. The van der Waals surface area contributed by atoms with E-state index >= 15 is 0 Å². The molecule has 0 fully saturated rings. The quantitative estimate of drug-likeness (QED) is 0.847. The second-order valence-electron chi connectivity index (χ2n) is 6.89. The van der Waals surface area contributed by atoms with E-state index in [-0.39, 0.29) is 11.8 Å².